The standard InChI is InChI=1S/C17H14O2/c1-10-13-4-2-3-5-14(13)15(18)17-12-8-6-11(7-9-12)16(10,17)19-17/h2-6,8,11-12H,1,7,9H2. The first-order valence-corrected chi connectivity index (χ1v) is 6.94. The van der Waals surface area contributed by atoms with Gasteiger partial charge in [0.05, 0.1) is 0 Å². The Bertz CT molecular complexity index is 629. The Balaban J connectivity index is 1.84. The van der Waals surface area contributed by atoms with Crippen LogP contribution in [0.15, 0.2) is 43.0 Å². The van der Waals surface area contributed by atoms with Crippen molar-refractivity contribution in [2.75, 3.05) is 0 Å². The molecule has 4 aliphatic carbocycles. The Labute approximate surface area is 111 Å². The zero-order valence-corrected chi connectivity index (χ0v) is 10.6. The van der Waals surface area contributed by atoms with E-state index in [1.807, 2.05) is 24.3 Å². The maximum Gasteiger partial charge on any atom is 0.199 e. The molecule has 5 aliphatic rings. The predicted molar refractivity (Wildman–Crippen MR) is 71.7 cm³/mol. The van der Waals surface area contributed by atoms with Crippen molar-refractivity contribution in [1.82, 2.24) is 0 Å². The summed E-state index contributed by atoms with van der Waals surface area (Å²) in [5.74, 6) is 0.729. The molecule has 1 saturated heterocycles. The lowest BCUT2D eigenvalue weighted by atomic mass is 9.55. The van der Waals surface area contributed by atoms with Crippen molar-refractivity contribution >= 4 is 11.4 Å². The van der Waals surface area contributed by atoms with Gasteiger partial charge in [0.25, 0.3) is 0 Å². The minimum Gasteiger partial charge on any atom is -0.347 e. The average molecular weight is 250 g/mol. The number of ether oxygens (including phenoxy) is 1. The summed E-state index contributed by atoms with van der Waals surface area (Å²) in [6, 6.07) is 7.81. The number of hydrogen-bond acceptors (Lipinski definition) is 2. The lowest BCUT2D eigenvalue weighted by Gasteiger charge is -2.42. The Hall–Kier alpha value is -1.67. The second-order valence-electron chi connectivity index (χ2n) is 6.10. The number of fused-ring (bicyclic) bond motifs is 2. The third kappa shape index (κ3) is 0.810. The molecule has 1 heterocycles. The number of Topliss-reactive ketones (excluding diaryl/α,β-unsaturated/α-hetero) is 1. The first-order valence-electron chi connectivity index (χ1n) is 6.94. The maximum absolute atomic E-state index is 12.9. The van der Waals surface area contributed by atoms with Crippen LogP contribution in [0.2, 0.25) is 0 Å². The average Bonchev–Trinajstić information content (AvgIpc) is 3.22. The molecule has 1 aromatic rings. The normalized spacial score (nSPS) is 44.6. The van der Waals surface area contributed by atoms with Crippen LogP contribution in [0.25, 0.3) is 5.57 Å². The third-order valence-electron chi connectivity index (χ3n) is 5.52. The molecule has 2 bridgehead atoms. The van der Waals surface area contributed by atoms with E-state index in [1.54, 1.807) is 0 Å². The van der Waals surface area contributed by atoms with E-state index >= 15 is 0 Å². The van der Waals surface area contributed by atoms with Crippen molar-refractivity contribution in [1.29, 1.82) is 0 Å². The molecule has 2 nitrogen and oxygen atoms in total. The molecule has 1 aromatic carbocycles. The van der Waals surface area contributed by atoms with Crippen LogP contribution in [-0.2, 0) is 4.74 Å². The fraction of sp³-hybridized carbons (Fsp3) is 0.353. The zero-order valence-electron chi connectivity index (χ0n) is 10.6. The van der Waals surface area contributed by atoms with E-state index in [0.29, 0.717) is 5.92 Å². The molecule has 4 unspecified atom stereocenters. The van der Waals surface area contributed by atoms with Crippen molar-refractivity contribution in [3.05, 3.63) is 54.1 Å². The van der Waals surface area contributed by atoms with Crippen molar-refractivity contribution < 1.29 is 9.53 Å². The second kappa shape index (κ2) is 2.75. The van der Waals surface area contributed by atoms with E-state index in [-0.39, 0.29) is 11.7 Å². The first kappa shape index (κ1) is 10.2. The molecular formula is C17H14O2. The van der Waals surface area contributed by atoms with Crippen LogP contribution in [0, 0.1) is 11.8 Å². The molecule has 94 valence electrons. The van der Waals surface area contributed by atoms with Gasteiger partial charge in [-0.1, -0.05) is 43.0 Å². The van der Waals surface area contributed by atoms with Gasteiger partial charge in [0.15, 0.2) is 11.4 Å². The van der Waals surface area contributed by atoms with Gasteiger partial charge in [-0.3, -0.25) is 4.79 Å². The van der Waals surface area contributed by atoms with Gasteiger partial charge in [-0.2, -0.15) is 0 Å². The SMILES string of the molecule is C=C1c2ccccc2C(=O)C23OC12C1C=CC3CC1. The summed E-state index contributed by atoms with van der Waals surface area (Å²) in [5, 5.41) is 0. The summed E-state index contributed by atoms with van der Waals surface area (Å²) >= 11 is 0. The molecule has 6 rings (SSSR count). The Morgan fingerprint density at radius 1 is 1.05 bits per heavy atom. The van der Waals surface area contributed by atoms with Gasteiger partial charge in [0.1, 0.15) is 5.60 Å². The second-order valence-corrected chi connectivity index (χ2v) is 6.10. The van der Waals surface area contributed by atoms with Crippen LogP contribution in [0.1, 0.15) is 28.8 Å². The molecule has 4 atom stereocenters. The number of hydrogen-bond donors (Lipinski definition) is 0. The highest BCUT2D eigenvalue weighted by Crippen LogP contribution is 2.73. The van der Waals surface area contributed by atoms with E-state index in [4.69, 9.17) is 4.74 Å². The first-order chi connectivity index (χ1) is 9.22. The molecular weight excluding hydrogens is 236 g/mol. The fourth-order valence-corrected chi connectivity index (χ4v) is 4.67. The molecule has 0 spiro atoms. The van der Waals surface area contributed by atoms with Gasteiger partial charge in [-0.05, 0) is 24.0 Å². The van der Waals surface area contributed by atoms with Gasteiger partial charge in [0, 0.05) is 17.4 Å². The van der Waals surface area contributed by atoms with Crippen LogP contribution in [0.3, 0.4) is 0 Å². The highest BCUT2D eigenvalue weighted by Gasteiger charge is 2.84. The van der Waals surface area contributed by atoms with E-state index in [1.165, 1.54) is 0 Å². The van der Waals surface area contributed by atoms with Crippen molar-refractivity contribution in [3.63, 3.8) is 0 Å². The lowest BCUT2D eigenvalue weighted by molar-refractivity contribution is 0.0809. The molecule has 0 N–H and O–H groups in total. The largest absolute Gasteiger partial charge is 0.347 e. The van der Waals surface area contributed by atoms with Gasteiger partial charge < -0.3 is 4.74 Å². The fourth-order valence-electron chi connectivity index (χ4n) is 4.67. The number of benzene rings is 1. The molecule has 19 heavy (non-hydrogen) atoms. The Kier molecular flexibility index (Phi) is 1.47. The smallest absolute Gasteiger partial charge is 0.199 e. The van der Waals surface area contributed by atoms with Crippen molar-refractivity contribution in [3.8, 4) is 0 Å². The summed E-state index contributed by atoms with van der Waals surface area (Å²) < 4.78 is 6.20. The van der Waals surface area contributed by atoms with Gasteiger partial charge >= 0.3 is 0 Å². The number of epoxide rings is 1. The molecule has 1 aliphatic heterocycles. The topological polar surface area (TPSA) is 29.6 Å². The summed E-state index contributed by atoms with van der Waals surface area (Å²) in [4.78, 5) is 12.9. The third-order valence-corrected chi connectivity index (χ3v) is 5.52. The summed E-state index contributed by atoms with van der Waals surface area (Å²) in [6.07, 6.45) is 6.60. The predicted octanol–water partition coefficient (Wildman–Crippen LogP) is 3.00. The van der Waals surface area contributed by atoms with Crippen molar-refractivity contribution in [2.45, 2.75) is 24.0 Å². The summed E-state index contributed by atoms with van der Waals surface area (Å²) in [7, 11) is 0. The minimum atomic E-state index is -0.615. The Morgan fingerprint density at radius 3 is 2.37 bits per heavy atom. The Morgan fingerprint density at radius 2 is 1.68 bits per heavy atom. The maximum atomic E-state index is 12.9. The molecule has 2 fully saturated rings. The van der Waals surface area contributed by atoms with E-state index in [0.717, 1.165) is 29.5 Å². The van der Waals surface area contributed by atoms with E-state index in [9.17, 15) is 4.79 Å². The summed E-state index contributed by atoms with van der Waals surface area (Å²) in [6.45, 7) is 4.29. The van der Waals surface area contributed by atoms with Crippen LogP contribution >= 0.6 is 0 Å². The monoisotopic (exact) mass is 250 g/mol. The van der Waals surface area contributed by atoms with Crippen LogP contribution in [-0.4, -0.2) is 17.0 Å². The van der Waals surface area contributed by atoms with Gasteiger partial charge in [0.2, 0.25) is 0 Å². The molecule has 2 heteroatoms. The van der Waals surface area contributed by atoms with Crippen LogP contribution in [0.5, 0.6) is 0 Å². The van der Waals surface area contributed by atoms with Gasteiger partial charge in [-0.15, -0.1) is 0 Å². The zero-order chi connectivity index (χ0) is 12.8. The number of carbonyl (C=O) groups is 1. The molecule has 0 radical (unpaired) electrons. The lowest BCUT2D eigenvalue weighted by Crippen LogP contribution is -2.52. The highest BCUT2D eigenvalue weighted by atomic mass is 16.6. The molecule has 1 saturated carbocycles. The number of rotatable bonds is 0. The number of ketones is 1. The highest BCUT2D eigenvalue weighted by molar-refractivity contribution is 6.16. The van der Waals surface area contributed by atoms with E-state index < -0.39 is 11.2 Å². The minimum absolute atomic E-state index is 0.176. The van der Waals surface area contributed by atoms with Gasteiger partial charge in [-0.25, -0.2) is 0 Å². The van der Waals surface area contributed by atoms with Crippen molar-refractivity contribution in [2.24, 2.45) is 11.8 Å². The quantitative estimate of drug-likeness (QED) is 0.523. The molecule has 0 amide bonds. The number of carbonyl (C=O) groups excluding carboxylic acids is 1. The van der Waals surface area contributed by atoms with E-state index in [2.05, 4.69) is 18.7 Å². The summed E-state index contributed by atoms with van der Waals surface area (Å²) in [5.41, 5.74) is 1.76. The van der Waals surface area contributed by atoms with Crippen LogP contribution in [0.4, 0.5) is 0 Å². The van der Waals surface area contributed by atoms with Crippen LogP contribution < -0.4 is 0 Å². The molecule has 0 aromatic heterocycles.